The molecule has 0 radical (unpaired) electrons. The van der Waals surface area contributed by atoms with Crippen LogP contribution in [0.1, 0.15) is 66.5 Å². The van der Waals surface area contributed by atoms with Crippen molar-refractivity contribution in [2.75, 3.05) is 0 Å². The molecule has 0 bridgehead atoms. The van der Waals surface area contributed by atoms with E-state index in [0.717, 1.165) is 12.8 Å². The van der Waals surface area contributed by atoms with Gasteiger partial charge in [0, 0.05) is 5.92 Å². The van der Waals surface area contributed by atoms with Gasteiger partial charge in [0.1, 0.15) is 0 Å². The first-order valence-corrected chi connectivity index (χ1v) is 15.3. The van der Waals surface area contributed by atoms with Gasteiger partial charge < -0.3 is 0 Å². The maximum Gasteiger partial charge on any atom is 0.0340 e. The van der Waals surface area contributed by atoms with Crippen molar-refractivity contribution in [1.29, 1.82) is 0 Å². The van der Waals surface area contributed by atoms with Crippen molar-refractivity contribution in [2.24, 2.45) is 5.92 Å². The smallest absolute Gasteiger partial charge is 0.0340 e. The molecule has 0 heteroatoms. The lowest BCUT2D eigenvalue weighted by atomic mass is 9.77. The second kappa shape index (κ2) is 10.8. The van der Waals surface area contributed by atoms with E-state index in [-0.39, 0.29) is 11.3 Å². The summed E-state index contributed by atoms with van der Waals surface area (Å²) >= 11 is 0. The zero-order valence-corrected chi connectivity index (χ0v) is 24.8. The Morgan fingerprint density at radius 2 is 1.19 bits per heavy atom. The second-order valence-electron chi connectivity index (χ2n) is 12.9. The number of allylic oxidation sites excluding steroid dienone is 4. The summed E-state index contributed by atoms with van der Waals surface area (Å²) in [6.45, 7) is 7.00. The molecule has 2 atom stereocenters. The van der Waals surface area contributed by atoms with Gasteiger partial charge in [-0.15, -0.1) is 0 Å². The zero-order chi connectivity index (χ0) is 28.7. The molecule has 206 valence electrons. The van der Waals surface area contributed by atoms with Gasteiger partial charge in [-0.2, -0.15) is 0 Å². The van der Waals surface area contributed by atoms with Gasteiger partial charge in [0.15, 0.2) is 0 Å². The van der Waals surface area contributed by atoms with E-state index >= 15 is 0 Å². The molecule has 0 saturated heterocycles. The van der Waals surface area contributed by atoms with Crippen LogP contribution in [-0.4, -0.2) is 0 Å². The minimum Gasteiger partial charge on any atom is -0.0839 e. The van der Waals surface area contributed by atoms with Crippen LogP contribution in [0.5, 0.6) is 0 Å². The number of hydrogen-bond acceptors (Lipinski definition) is 0. The molecule has 2 unspecified atom stereocenters. The SMILES string of the molecule is CC(C)(C)c1cc(C(c2ccc(-c3ccccc3)cc2)c2ccc3c(c2)CC2CC=CC=C32)ccc1-c1ccccc1. The van der Waals surface area contributed by atoms with Gasteiger partial charge in [-0.05, 0) is 85.4 Å². The Morgan fingerprint density at radius 1 is 0.595 bits per heavy atom. The Bertz CT molecular complexity index is 1780. The Kier molecular flexibility index (Phi) is 6.79. The third-order valence-corrected chi connectivity index (χ3v) is 9.13. The Hall–Kier alpha value is -4.42. The molecule has 0 saturated carbocycles. The van der Waals surface area contributed by atoms with Crippen LogP contribution in [0.2, 0.25) is 0 Å². The summed E-state index contributed by atoms with van der Waals surface area (Å²) in [7, 11) is 0. The van der Waals surface area contributed by atoms with Crippen LogP contribution in [0.3, 0.4) is 0 Å². The third kappa shape index (κ3) is 4.96. The van der Waals surface area contributed by atoms with E-state index in [1.807, 2.05) is 0 Å². The summed E-state index contributed by atoms with van der Waals surface area (Å²) in [4.78, 5) is 0. The molecule has 0 spiro atoms. The molecular weight excluding hydrogens is 504 g/mol. The van der Waals surface area contributed by atoms with Crippen molar-refractivity contribution in [3.8, 4) is 22.3 Å². The summed E-state index contributed by atoms with van der Waals surface area (Å²) in [5, 5.41) is 0. The molecule has 0 aromatic heterocycles. The maximum absolute atomic E-state index is 2.51. The lowest BCUT2D eigenvalue weighted by Gasteiger charge is -2.27. The van der Waals surface area contributed by atoms with Gasteiger partial charge >= 0.3 is 0 Å². The van der Waals surface area contributed by atoms with Crippen molar-refractivity contribution >= 4 is 5.57 Å². The standard InChI is InChI=1S/C42H38/c1-42(2,3)40-28-35(23-25-39(40)31-14-8-5-9-15-31)41(32-20-18-30(19-21-32)29-12-6-4-7-13-29)34-22-24-38-36(27-34)26-33-16-10-11-17-37(33)38/h4-15,17-25,27-28,33,41H,16,26H2,1-3H3. The highest BCUT2D eigenvalue weighted by Gasteiger charge is 2.29. The molecule has 0 nitrogen and oxygen atoms in total. The summed E-state index contributed by atoms with van der Waals surface area (Å²) in [5.74, 6) is 0.780. The topological polar surface area (TPSA) is 0 Å². The van der Waals surface area contributed by atoms with Gasteiger partial charge in [0.2, 0.25) is 0 Å². The molecule has 7 rings (SSSR count). The van der Waals surface area contributed by atoms with E-state index in [1.54, 1.807) is 0 Å². The Balaban J connectivity index is 1.37. The molecule has 0 amide bonds. The van der Waals surface area contributed by atoms with Crippen molar-refractivity contribution in [3.63, 3.8) is 0 Å². The number of rotatable bonds is 5. The summed E-state index contributed by atoms with van der Waals surface area (Å²) in [6.07, 6.45) is 9.17. The highest BCUT2D eigenvalue weighted by Crippen LogP contribution is 2.44. The van der Waals surface area contributed by atoms with E-state index in [4.69, 9.17) is 0 Å². The third-order valence-electron chi connectivity index (χ3n) is 9.13. The Labute approximate surface area is 251 Å². The van der Waals surface area contributed by atoms with E-state index in [1.165, 1.54) is 61.2 Å². The highest BCUT2D eigenvalue weighted by atomic mass is 14.3. The lowest BCUT2D eigenvalue weighted by molar-refractivity contribution is 0.591. The summed E-state index contributed by atoms with van der Waals surface area (Å²) in [6, 6.07) is 45.3. The van der Waals surface area contributed by atoms with Gasteiger partial charge in [-0.1, -0.05) is 160 Å². The molecule has 5 aromatic carbocycles. The largest absolute Gasteiger partial charge is 0.0839 e. The van der Waals surface area contributed by atoms with E-state index in [0.29, 0.717) is 5.92 Å². The lowest BCUT2D eigenvalue weighted by Crippen LogP contribution is -2.14. The van der Waals surface area contributed by atoms with Gasteiger partial charge in [-0.3, -0.25) is 0 Å². The molecule has 42 heavy (non-hydrogen) atoms. The molecule has 2 aliphatic rings. The minimum atomic E-state index is 0.00993. The second-order valence-corrected chi connectivity index (χ2v) is 12.9. The fourth-order valence-corrected chi connectivity index (χ4v) is 7.00. The predicted octanol–water partition coefficient (Wildman–Crippen LogP) is 11.0. The number of hydrogen-bond donors (Lipinski definition) is 0. The number of benzene rings is 5. The number of fused-ring (bicyclic) bond motifs is 3. The monoisotopic (exact) mass is 542 g/mol. The van der Waals surface area contributed by atoms with Crippen molar-refractivity contribution in [2.45, 2.75) is 44.9 Å². The van der Waals surface area contributed by atoms with E-state index in [2.05, 4.69) is 160 Å². The van der Waals surface area contributed by atoms with Crippen LogP contribution in [0.25, 0.3) is 27.8 Å². The van der Waals surface area contributed by atoms with Crippen LogP contribution in [0.4, 0.5) is 0 Å². The molecular formula is C42H38. The predicted molar refractivity (Wildman–Crippen MR) is 179 cm³/mol. The first-order valence-electron chi connectivity index (χ1n) is 15.3. The molecule has 0 aliphatic heterocycles. The van der Waals surface area contributed by atoms with Gasteiger partial charge in [0.05, 0.1) is 0 Å². The first kappa shape index (κ1) is 26.5. The minimum absolute atomic E-state index is 0.00993. The first-order chi connectivity index (χ1) is 20.5. The average Bonchev–Trinajstić information content (AvgIpc) is 3.40. The highest BCUT2D eigenvalue weighted by molar-refractivity contribution is 5.77. The van der Waals surface area contributed by atoms with Crippen LogP contribution in [-0.2, 0) is 11.8 Å². The summed E-state index contributed by atoms with van der Waals surface area (Å²) in [5.41, 5.74) is 15.0. The fraction of sp³-hybridized carbons (Fsp3) is 0.190. The van der Waals surface area contributed by atoms with E-state index < -0.39 is 0 Å². The zero-order valence-electron chi connectivity index (χ0n) is 24.8. The molecule has 2 aliphatic carbocycles. The van der Waals surface area contributed by atoms with Crippen molar-refractivity contribution in [1.82, 2.24) is 0 Å². The normalized spacial score (nSPS) is 16.5. The van der Waals surface area contributed by atoms with Crippen LogP contribution >= 0.6 is 0 Å². The molecule has 0 N–H and O–H groups in total. The van der Waals surface area contributed by atoms with Gasteiger partial charge in [0.25, 0.3) is 0 Å². The van der Waals surface area contributed by atoms with E-state index in [9.17, 15) is 0 Å². The molecule has 0 heterocycles. The van der Waals surface area contributed by atoms with Crippen LogP contribution in [0, 0.1) is 5.92 Å². The van der Waals surface area contributed by atoms with Crippen LogP contribution < -0.4 is 0 Å². The molecule has 0 fully saturated rings. The van der Waals surface area contributed by atoms with Crippen molar-refractivity contribution in [3.05, 3.63) is 173 Å². The maximum atomic E-state index is 2.51. The molecule has 5 aromatic rings. The summed E-state index contributed by atoms with van der Waals surface area (Å²) < 4.78 is 0. The fourth-order valence-electron chi connectivity index (χ4n) is 7.00. The van der Waals surface area contributed by atoms with Crippen LogP contribution in [0.15, 0.2) is 140 Å². The average molecular weight is 543 g/mol. The van der Waals surface area contributed by atoms with Crippen molar-refractivity contribution < 1.29 is 0 Å². The Morgan fingerprint density at radius 3 is 1.88 bits per heavy atom. The quantitative estimate of drug-likeness (QED) is 0.194. The van der Waals surface area contributed by atoms with Gasteiger partial charge in [-0.25, -0.2) is 0 Å².